The zero-order valence-electron chi connectivity index (χ0n) is 7.20. The first-order valence-corrected chi connectivity index (χ1v) is 5.73. The summed E-state index contributed by atoms with van der Waals surface area (Å²) in [5.74, 6) is -0.832. The van der Waals surface area contributed by atoms with Crippen LogP contribution in [-0.2, 0) is 20.9 Å². The summed E-state index contributed by atoms with van der Waals surface area (Å²) in [7, 11) is -3.61. The second-order valence-electron chi connectivity index (χ2n) is 2.53. The van der Waals surface area contributed by atoms with Gasteiger partial charge in [0, 0.05) is 6.20 Å². The van der Waals surface area contributed by atoms with Crippen LogP contribution in [0.4, 0.5) is 4.39 Å². The highest BCUT2D eigenvalue weighted by atomic mass is 35.5. The van der Waals surface area contributed by atoms with E-state index in [0.717, 1.165) is 6.26 Å². The van der Waals surface area contributed by atoms with Crippen molar-refractivity contribution >= 4 is 21.7 Å². The molecule has 0 radical (unpaired) electrons. The van der Waals surface area contributed by atoms with Gasteiger partial charge in [0.05, 0.1) is 23.4 Å². The van der Waals surface area contributed by atoms with Crippen molar-refractivity contribution in [1.82, 2.24) is 4.98 Å². The number of nitrogens with zero attached hydrogens (tertiary/aromatic N) is 1. The van der Waals surface area contributed by atoms with Crippen molar-refractivity contribution < 1.29 is 17.0 Å². The molecule has 0 aliphatic rings. The van der Waals surface area contributed by atoms with E-state index in [2.05, 4.69) is 9.17 Å². The summed E-state index contributed by atoms with van der Waals surface area (Å²) in [5, 5.41) is 0.0844. The third-order valence-electron chi connectivity index (χ3n) is 1.36. The van der Waals surface area contributed by atoms with Gasteiger partial charge in [0.25, 0.3) is 10.1 Å². The fourth-order valence-electron chi connectivity index (χ4n) is 0.740. The van der Waals surface area contributed by atoms with Gasteiger partial charge in [-0.05, 0) is 6.07 Å². The first-order chi connectivity index (χ1) is 6.40. The summed E-state index contributed by atoms with van der Waals surface area (Å²) in [6, 6.07) is 1.35. The van der Waals surface area contributed by atoms with Crippen molar-refractivity contribution in [2.45, 2.75) is 6.61 Å². The Hall–Kier alpha value is -0.720. The Balaban J connectivity index is 2.87. The first kappa shape index (κ1) is 11.4. The number of hydrogen-bond acceptors (Lipinski definition) is 4. The molecule has 0 saturated heterocycles. The van der Waals surface area contributed by atoms with E-state index in [-0.39, 0.29) is 10.6 Å². The molecular formula is C7H7ClFNO3S. The summed E-state index contributed by atoms with van der Waals surface area (Å²) in [5.41, 5.74) is -0.0698. The summed E-state index contributed by atoms with van der Waals surface area (Å²) in [6.45, 7) is -0.447. The molecule has 0 atom stereocenters. The van der Waals surface area contributed by atoms with Crippen molar-refractivity contribution in [2.75, 3.05) is 6.26 Å². The number of halogens is 2. The van der Waals surface area contributed by atoms with E-state index in [1.807, 2.05) is 0 Å². The fourth-order valence-corrected chi connectivity index (χ4v) is 1.26. The maximum absolute atomic E-state index is 13.0. The first-order valence-electron chi connectivity index (χ1n) is 3.53. The van der Waals surface area contributed by atoms with E-state index in [0.29, 0.717) is 0 Å². The lowest BCUT2D eigenvalue weighted by Gasteiger charge is -2.03. The summed E-state index contributed by atoms with van der Waals surface area (Å²) >= 11 is 5.60. The predicted molar refractivity (Wildman–Crippen MR) is 48.8 cm³/mol. The van der Waals surface area contributed by atoms with Crippen LogP contribution in [0.25, 0.3) is 0 Å². The Morgan fingerprint density at radius 3 is 2.79 bits per heavy atom. The van der Waals surface area contributed by atoms with Gasteiger partial charge in [-0.15, -0.1) is 0 Å². The highest BCUT2D eigenvalue weighted by Crippen LogP contribution is 2.18. The molecule has 4 nitrogen and oxygen atoms in total. The Labute approximate surface area is 85.8 Å². The van der Waals surface area contributed by atoms with Crippen LogP contribution >= 0.6 is 11.6 Å². The lowest BCUT2D eigenvalue weighted by Crippen LogP contribution is -2.05. The molecule has 0 aliphatic carbocycles. The molecule has 0 bridgehead atoms. The molecule has 0 fully saturated rings. The quantitative estimate of drug-likeness (QED) is 0.590. The average molecular weight is 240 g/mol. The average Bonchev–Trinajstić information content (AvgIpc) is 2.01. The van der Waals surface area contributed by atoms with Gasteiger partial charge in [0.1, 0.15) is 0 Å². The lowest BCUT2D eigenvalue weighted by atomic mass is 10.3. The number of rotatable bonds is 3. The van der Waals surface area contributed by atoms with Crippen molar-refractivity contribution in [3.8, 4) is 0 Å². The predicted octanol–water partition coefficient (Wildman–Crippen LogP) is 1.35. The molecule has 14 heavy (non-hydrogen) atoms. The van der Waals surface area contributed by atoms with E-state index < -0.39 is 22.7 Å². The molecule has 0 aliphatic heterocycles. The molecule has 0 N–H and O–H groups in total. The normalized spacial score (nSPS) is 11.6. The molecule has 0 unspecified atom stereocenters. The van der Waals surface area contributed by atoms with Crippen LogP contribution in [0.15, 0.2) is 12.3 Å². The van der Waals surface area contributed by atoms with E-state index in [1.54, 1.807) is 0 Å². The van der Waals surface area contributed by atoms with E-state index >= 15 is 0 Å². The standard InChI is InChI=1S/C7H7ClFNO3S/c1-14(11,12)13-4-5-6(8)2-3-10-7(5)9/h2-3H,4H2,1H3. The minimum absolute atomic E-state index is 0.0698. The van der Waals surface area contributed by atoms with Gasteiger partial charge >= 0.3 is 0 Å². The highest BCUT2D eigenvalue weighted by molar-refractivity contribution is 7.85. The molecule has 1 aromatic rings. The fraction of sp³-hybridized carbons (Fsp3) is 0.286. The van der Waals surface area contributed by atoms with E-state index in [9.17, 15) is 12.8 Å². The molecule has 1 aromatic heterocycles. The van der Waals surface area contributed by atoms with Crippen molar-refractivity contribution in [3.63, 3.8) is 0 Å². The van der Waals surface area contributed by atoms with Crippen LogP contribution in [0.1, 0.15) is 5.56 Å². The molecule has 0 saturated carbocycles. The highest BCUT2D eigenvalue weighted by Gasteiger charge is 2.11. The number of hydrogen-bond donors (Lipinski definition) is 0. The zero-order valence-corrected chi connectivity index (χ0v) is 8.77. The SMILES string of the molecule is CS(=O)(=O)OCc1c(Cl)ccnc1F. The van der Waals surface area contributed by atoms with Gasteiger partial charge < -0.3 is 0 Å². The van der Waals surface area contributed by atoms with Crippen LogP contribution in [0.5, 0.6) is 0 Å². The second-order valence-corrected chi connectivity index (χ2v) is 4.58. The monoisotopic (exact) mass is 239 g/mol. The minimum Gasteiger partial charge on any atom is -0.265 e. The smallest absolute Gasteiger partial charge is 0.264 e. The van der Waals surface area contributed by atoms with E-state index in [4.69, 9.17) is 11.6 Å². The molecular weight excluding hydrogens is 233 g/mol. The minimum atomic E-state index is -3.61. The maximum Gasteiger partial charge on any atom is 0.264 e. The lowest BCUT2D eigenvalue weighted by molar-refractivity contribution is 0.304. The van der Waals surface area contributed by atoms with Crippen LogP contribution in [0.3, 0.4) is 0 Å². The van der Waals surface area contributed by atoms with Crippen LogP contribution < -0.4 is 0 Å². The Morgan fingerprint density at radius 1 is 1.64 bits per heavy atom. The van der Waals surface area contributed by atoms with Gasteiger partial charge in [0.2, 0.25) is 5.95 Å². The Bertz CT molecular complexity index is 414. The number of aromatic nitrogens is 1. The topological polar surface area (TPSA) is 56.3 Å². The van der Waals surface area contributed by atoms with Crippen LogP contribution in [0.2, 0.25) is 5.02 Å². The molecule has 1 heterocycles. The third kappa shape index (κ3) is 3.21. The van der Waals surface area contributed by atoms with Crippen molar-refractivity contribution in [3.05, 3.63) is 28.8 Å². The summed E-state index contributed by atoms with van der Waals surface area (Å²) in [4.78, 5) is 3.31. The molecule has 0 spiro atoms. The van der Waals surface area contributed by atoms with Crippen molar-refractivity contribution in [2.24, 2.45) is 0 Å². The Morgan fingerprint density at radius 2 is 2.29 bits per heavy atom. The second kappa shape index (κ2) is 4.20. The number of pyridine rings is 1. The van der Waals surface area contributed by atoms with Crippen LogP contribution in [0, 0.1) is 5.95 Å². The third-order valence-corrected chi connectivity index (χ3v) is 2.26. The van der Waals surface area contributed by atoms with Crippen molar-refractivity contribution in [1.29, 1.82) is 0 Å². The molecule has 0 aromatic carbocycles. The Kier molecular flexibility index (Phi) is 3.41. The van der Waals surface area contributed by atoms with Gasteiger partial charge in [0.15, 0.2) is 0 Å². The van der Waals surface area contributed by atoms with E-state index in [1.165, 1.54) is 12.3 Å². The van der Waals surface area contributed by atoms with Crippen LogP contribution in [-0.4, -0.2) is 19.7 Å². The summed E-state index contributed by atoms with van der Waals surface area (Å²) < 4.78 is 38.6. The van der Waals surface area contributed by atoms with Gasteiger partial charge in [-0.25, -0.2) is 4.98 Å². The largest absolute Gasteiger partial charge is 0.265 e. The zero-order chi connectivity index (χ0) is 10.8. The molecule has 78 valence electrons. The molecule has 1 rings (SSSR count). The van der Waals surface area contributed by atoms with Gasteiger partial charge in [-0.1, -0.05) is 11.6 Å². The summed E-state index contributed by atoms with van der Waals surface area (Å²) in [6.07, 6.45) is 2.05. The van der Waals surface area contributed by atoms with Gasteiger partial charge in [-0.2, -0.15) is 12.8 Å². The van der Waals surface area contributed by atoms with Gasteiger partial charge in [-0.3, -0.25) is 4.18 Å². The maximum atomic E-state index is 13.0. The molecule has 7 heteroatoms. The molecule has 0 amide bonds.